The third kappa shape index (κ3) is 5.34. The van der Waals surface area contributed by atoms with Crippen LogP contribution in [0.15, 0.2) is 42.5 Å². The average Bonchev–Trinajstić information content (AvgIpc) is 3.48. The Balaban J connectivity index is 1.57. The fourth-order valence-corrected chi connectivity index (χ4v) is 4.70. The lowest BCUT2D eigenvalue weighted by Crippen LogP contribution is -2.52. The number of likely N-dealkylation sites (tertiary alicyclic amines) is 1. The highest BCUT2D eigenvalue weighted by molar-refractivity contribution is 5.95. The van der Waals surface area contributed by atoms with Crippen molar-refractivity contribution in [1.82, 2.24) is 15.5 Å². The van der Waals surface area contributed by atoms with E-state index in [1.807, 2.05) is 38.2 Å². The topological polar surface area (TPSA) is 61.4 Å². The van der Waals surface area contributed by atoms with Crippen LogP contribution in [0.5, 0.6) is 0 Å². The molecule has 1 aliphatic carbocycles. The number of carbonyl (C=O) groups excluding carboxylic acids is 2. The average molecular weight is 492 g/mol. The van der Waals surface area contributed by atoms with Crippen LogP contribution in [0.3, 0.4) is 0 Å². The molecule has 1 saturated heterocycles. The molecule has 0 radical (unpaired) electrons. The zero-order valence-corrected chi connectivity index (χ0v) is 19.7. The van der Waals surface area contributed by atoms with E-state index in [9.17, 15) is 27.2 Å². The molecular weight excluding hydrogens is 462 g/mol. The minimum atomic E-state index is -4.68. The summed E-state index contributed by atoms with van der Waals surface area (Å²) >= 11 is 0. The van der Waals surface area contributed by atoms with Crippen molar-refractivity contribution in [3.05, 3.63) is 70.5 Å². The fraction of sp³-hybridized carbons (Fsp3) is 0.462. The number of hydrogen-bond donors (Lipinski definition) is 2. The Labute approximate surface area is 201 Å². The number of carbonyl (C=O) groups is 2. The van der Waals surface area contributed by atoms with Crippen LogP contribution in [-0.4, -0.2) is 48.9 Å². The standard InChI is InChI=1S/C26H29F4N3O2/c1-16-3-5-17(6-4-16)13-22(23(34)33-12-9-19(15-33)31-2)32-24(35)25(10-11-25)20-8-7-18(14-21(20)27)26(28,29)30/h3-8,14,19,22,31H,9-13,15H2,1-2H3,(H,32,35)/t19-,22?/m1/s1. The van der Waals surface area contributed by atoms with E-state index in [4.69, 9.17) is 0 Å². The number of nitrogens with zero attached hydrogens (tertiary/aromatic N) is 1. The van der Waals surface area contributed by atoms with Crippen molar-refractivity contribution in [3.8, 4) is 0 Å². The smallest absolute Gasteiger partial charge is 0.343 e. The molecule has 1 saturated carbocycles. The molecule has 9 heteroatoms. The fourth-order valence-electron chi connectivity index (χ4n) is 4.70. The summed E-state index contributed by atoms with van der Waals surface area (Å²) in [6.07, 6.45) is -3.01. The number of rotatable bonds is 7. The van der Waals surface area contributed by atoms with Crippen molar-refractivity contribution in [1.29, 1.82) is 0 Å². The maximum Gasteiger partial charge on any atom is 0.416 e. The summed E-state index contributed by atoms with van der Waals surface area (Å²) in [5.74, 6) is -1.82. The molecule has 5 nitrogen and oxygen atoms in total. The first kappa shape index (κ1) is 25.2. The molecule has 0 bridgehead atoms. The molecule has 2 fully saturated rings. The van der Waals surface area contributed by atoms with Crippen molar-refractivity contribution in [2.75, 3.05) is 20.1 Å². The molecule has 0 aromatic heterocycles. The SMILES string of the molecule is CN[C@@H]1CCN(C(=O)C(Cc2ccc(C)cc2)NC(=O)C2(c3ccc(C(F)(F)F)cc3F)CC2)C1. The quantitative estimate of drug-likeness (QED) is 0.581. The van der Waals surface area contributed by atoms with E-state index in [-0.39, 0.29) is 23.9 Å². The van der Waals surface area contributed by atoms with Crippen molar-refractivity contribution in [2.45, 2.75) is 56.3 Å². The summed E-state index contributed by atoms with van der Waals surface area (Å²) in [7, 11) is 1.83. The van der Waals surface area contributed by atoms with Crippen LogP contribution >= 0.6 is 0 Å². The van der Waals surface area contributed by atoms with Gasteiger partial charge in [-0.1, -0.05) is 35.9 Å². The maximum atomic E-state index is 14.7. The molecule has 0 spiro atoms. The van der Waals surface area contributed by atoms with Crippen LogP contribution < -0.4 is 10.6 Å². The Hall–Kier alpha value is -2.94. The lowest BCUT2D eigenvalue weighted by Gasteiger charge is -2.27. The third-order valence-corrected chi connectivity index (χ3v) is 7.07. The van der Waals surface area contributed by atoms with E-state index in [0.29, 0.717) is 32.0 Å². The van der Waals surface area contributed by atoms with Crippen molar-refractivity contribution in [3.63, 3.8) is 0 Å². The molecule has 2 N–H and O–H groups in total. The van der Waals surface area contributed by atoms with Gasteiger partial charge >= 0.3 is 6.18 Å². The number of benzene rings is 2. The summed E-state index contributed by atoms with van der Waals surface area (Å²) in [6.45, 7) is 3.03. The minimum absolute atomic E-state index is 0.0686. The minimum Gasteiger partial charge on any atom is -0.343 e. The molecule has 1 aliphatic heterocycles. The summed E-state index contributed by atoms with van der Waals surface area (Å²) < 4.78 is 53.6. The summed E-state index contributed by atoms with van der Waals surface area (Å²) in [5, 5.41) is 5.98. The molecule has 188 valence electrons. The van der Waals surface area contributed by atoms with Gasteiger partial charge in [0, 0.05) is 31.1 Å². The van der Waals surface area contributed by atoms with Crippen LogP contribution in [-0.2, 0) is 27.6 Å². The van der Waals surface area contributed by atoms with E-state index >= 15 is 0 Å². The molecule has 2 aromatic rings. The van der Waals surface area contributed by atoms with Crippen LogP contribution in [0.2, 0.25) is 0 Å². The lowest BCUT2D eigenvalue weighted by atomic mass is 9.92. The Bertz CT molecular complexity index is 1100. The number of likely N-dealkylation sites (N-methyl/N-ethyl adjacent to an activating group) is 1. The van der Waals surface area contributed by atoms with E-state index < -0.39 is 34.9 Å². The van der Waals surface area contributed by atoms with E-state index in [0.717, 1.165) is 29.7 Å². The highest BCUT2D eigenvalue weighted by Gasteiger charge is 2.54. The first-order valence-corrected chi connectivity index (χ1v) is 11.7. The van der Waals surface area contributed by atoms with Crippen LogP contribution in [0, 0.1) is 12.7 Å². The Morgan fingerprint density at radius 1 is 1.14 bits per heavy atom. The normalized spacial score (nSPS) is 19.9. The van der Waals surface area contributed by atoms with E-state index in [2.05, 4.69) is 10.6 Å². The third-order valence-electron chi connectivity index (χ3n) is 7.07. The van der Waals surface area contributed by atoms with Gasteiger partial charge in [0.05, 0.1) is 11.0 Å². The van der Waals surface area contributed by atoms with E-state index in [1.54, 1.807) is 4.90 Å². The summed E-state index contributed by atoms with van der Waals surface area (Å²) in [5.41, 5.74) is -0.508. The Morgan fingerprint density at radius 3 is 2.37 bits per heavy atom. The number of hydrogen-bond acceptors (Lipinski definition) is 3. The molecule has 2 amide bonds. The highest BCUT2D eigenvalue weighted by Crippen LogP contribution is 2.50. The van der Waals surface area contributed by atoms with Gasteiger partial charge in [-0.05, 0) is 50.9 Å². The molecule has 1 unspecified atom stereocenters. The van der Waals surface area contributed by atoms with Crippen molar-refractivity contribution < 1.29 is 27.2 Å². The van der Waals surface area contributed by atoms with Gasteiger partial charge in [-0.3, -0.25) is 9.59 Å². The second-order valence-corrected chi connectivity index (χ2v) is 9.55. The van der Waals surface area contributed by atoms with Gasteiger partial charge in [0.2, 0.25) is 11.8 Å². The number of aryl methyl sites for hydroxylation is 1. The molecule has 4 rings (SSSR count). The van der Waals surface area contributed by atoms with Gasteiger partial charge in [-0.25, -0.2) is 4.39 Å². The van der Waals surface area contributed by atoms with Crippen LogP contribution in [0.25, 0.3) is 0 Å². The number of halogens is 4. The van der Waals surface area contributed by atoms with Gasteiger partial charge in [-0.15, -0.1) is 0 Å². The molecular formula is C26H29F4N3O2. The maximum absolute atomic E-state index is 14.7. The zero-order chi connectivity index (χ0) is 25.4. The monoisotopic (exact) mass is 491 g/mol. The van der Waals surface area contributed by atoms with Crippen LogP contribution in [0.1, 0.15) is 41.5 Å². The Morgan fingerprint density at radius 2 is 1.83 bits per heavy atom. The van der Waals surface area contributed by atoms with Gasteiger partial charge in [-0.2, -0.15) is 13.2 Å². The first-order valence-electron chi connectivity index (χ1n) is 11.7. The highest BCUT2D eigenvalue weighted by atomic mass is 19.4. The van der Waals surface area contributed by atoms with Crippen molar-refractivity contribution >= 4 is 11.8 Å². The zero-order valence-electron chi connectivity index (χ0n) is 19.7. The number of amides is 2. The first-order chi connectivity index (χ1) is 16.5. The molecule has 2 aromatic carbocycles. The van der Waals surface area contributed by atoms with E-state index in [1.165, 1.54) is 0 Å². The largest absolute Gasteiger partial charge is 0.416 e. The molecule has 2 atom stereocenters. The predicted molar refractivity (Wildman–Crippen MR) is 123 cm³/mol. The molecule has 1 heterocycles. The molecule has 35 heavy (non-hydrogen) atoms. The second-order valence-electron chi connectivity index (χ2n) is 9.55. The Kier molecular flexibility index (Phi) is 6.90. The lowest BCUT2D eigenvalue weighted by molar-refractivity contribution is -0.138. The van der Waals surface area contributed by atoms with Gasteiger partial charge in [0.15, 0.2) is 0 Å². The van der Waals surface area contributed by atoms with Crippen molar-refractivity contribution in [2.24, 2.45) is 0 Å². The van der Waals surface area contributed by atoms with Crippen LogP contribution in [0.4, 0.5) is 17.6 Å². The summed E-state index contributed by atoms with van der Waals surface area (Å²) in [6, 6.07) is 9.20. The van der Waals surface area contributed by atoms with Gasteiger partial charge in [0.1, 0.15) is 11.9 Å². The predicted octanol–water partition coefficient (Wildman–Crippen LogP) is 3.73. The van der Waals surface area contributed by atoms with Gasteiger partial charge in [0.25, 0.3) is 0 Å². The molecule has 2 aliphatic rings. The number of nitrogens with one attached hydrogen (secondary N) is 2. The van der Waals surface area contributed by atoms with Gasteiger partial charge < -0.3 is 15.5 Å². The number of alkyl halides is 3. The summed E-state index contributed by atoms with van der Waals surface area (Å²) in [4.78, 5) is 28.5. The second kappa shape index (κ2) is 9.60.